The summed E-state index contributed by atoms with van der Waals surface area (Å²) in [4.78, 5) is 20.4. The number of nitrogens with two attached hydrogens (primary N) is 1. The fourth-order valence-corrected chi connectivity index (χ4v) is 3.42. The molecule has 0 aliphatic rings. The highest BCUT2D eigenvalue weighted by molar-refractivity contribution is 7.58. The van der Waals surface area contributed by atoms with Gasteiger partial charge in [-0.15, -0.1) is 0 Å². The minimum absolute atomic E-state index is 0.0109. The number of aryl methyl sites for hydroxylation is 1. The molecule has 0 spiro atoms. The number of para-hydroxylation sites is 1. The van der Waals surface area contributed by atoms with Crippen LogP contribution in [0, 0.1) is 0 Å². The van der Waals surface area contributed by atoms with Crippen molar-refractivity contribution in [3.63, 3.8) is 0 Å². The minimum atomic E-state index is -3.61. The molecule has 1 aromatic carbocycles. The molecule has 21 heavy (non-hydrogen) atoms. The second kappa shape index (κ2) is 6.39. The molecule has 0 fully saturated rings. The number of hydrogen-bond donors (Lipinski definition) is 3. The Kier molecular flexibility index (Phi) is 4.77. The number of benzene rings is 1. The summed E-state index contributed by atoms with van der Waals surface area (Å²) in [6, 6.07) is 7.57. The van der Waals surface area contributed by atoms with E-state index in [1.807, 2.05) is 24.3 Å². The maximum Gasteiger partial charge on any atom is 0.303 e. The van der Waals surface area contributed by atoms with Gasteiger partial charge < -0.3 is 15.7 Å². The van der Waals surface area contributed by atoms with Crippen molar-refractivity contribution >= 4 is 24.2 Å². The first-order valence-corrected chi connectivity index (χ1v) is 8.51. The van der Waals surface area contributed by atoms with E-state index in [1.54, 1.807) is 10.9 Å². The summed E-state index contributed by atoms with van der Waals surface area (Å²) in [6.07, 6.45) is 1.45. The van der Waals surface area contributed by atoms with Gasteiger partial charge in [0.15, 0.2) is 0 Å². The number of nitrogens with zero attached hydrogens (tertiary/aromatic N) is 2. The lowest BCUT2D eigenvalue weighted by molar-refractivity contribution is -0.137. The molecule has 0 radical (unpaired) electrons. The molecule has 2 rings (SSSR count). The zero-order valence-corrected chi connectivity index (χ0v) is 12.3. The molecule has 0 amide bonds. The summed E-state index contributed by atoms with van der Waals surface area (Å²) in [5.74, 6) is -2.04. The number of carboxylic acids is 1. The normalized spacial score (nSPS) is 15.7. The van der Waals surface area contributed by atoms with Gasteiger partial charge in [-0.25, -0.2) is 0 Å². The molecule has 114 valence electrons. The fourth-order valence-electron chi connectivity index (χ4n) is 2.08. The van der Waals surface area contributed by atoms with Crippen molar-refractivity contribution in [3.05, 3.63) is 30.5 Å². The second-order valence-corrected chi connectivity index (χ2v) is 7.53. The van der Waals surface area contributed by atoms with Gasteiger partial charge in [-0.05, 0) is 12.5 Å². The lowest BCUT2D eigenvalue weighted by Gasteiger charge is -2.18. The number of aliphatic carboxylic acids is 1. The number of carboxylic acid groups (broad SMARTS) is 1. The van der Waals surface area contributed by atoms with E-state index in [1.165, 1.54) is 0 Å². The number of rotatable bonds is 7. The summed E-state index contributed by atoms with van der Waals surface area (Å²) in [5.41, 5.74) is 6.53. The van der Waals surface area contributed by atoms with Gasteiger partial charge in [-0.3, -0.25) is 14.0 Å². The summed E-state index contributed by atoms with van der Waals surface area (Å²) in [6.45, 7) is 0.266. The largest absolute Gasteiger partial charge is 0.481 e. The summed E-state index contributed by atoms with van der Waals surface area (Å²) < 4.78 is 13.8. The third-order valence-electron chi connectivity index (χ3n) is 3.36. The lowest BCUT2D eigenvalue weighted by Crippen LogP contribution is -2.24. The molecule has 7 nitrogen and oxygen atoms in total. The molecular weight excluding hydrogens is 293 g/mol. The molecule has 2 unspecified atom stereocenters. The van der Waals surface area contributed by atoms with Gasteiger partial charge in [0.1, 0.15) is 0 Å². The third kappa shape index (κ3) is 3.91. The van der Waals surface area contributed by atoms with Crippen LogP contribution in [0.1, 0.15) is 12.8 Å². The average Bonchev–Trinajstić information content (AvgIpc) is 2.86. The van der Waals surface area contributed by atoms with Crippen LogP contribution < -0.4 is 5.73 Å². The van der Waals surface area contributed by atoms with E-state index >= 15 is 0 Å². The number of aromatic nitrogens is 2. The Balaban J connectivity index is 2.01. The van der Waals surface area contributed by atoms with E-state index in [4.69, 9.17) is 10.8 Å². The lowest BCUT2D eigenvalue weighted by atomic mass is 10.3. The quantitative estimate of drug-likeness (QED) is 0.666. The molecule has 2 aromatic rings. The highest BCUT2D eigenvalue weighted by atomic mass is 31.2. The minimum Gasteiger partial charge on any atom is -0.481 e. The molecule has 1 aromatic heterocycles. The van der Waals surface area contributed by atoms with Crippen molar-refractivity contribution in [2.24, 2.45) is 5.73 Å². The van der Waals surface area contributed by atoms with Gasteiger partial charge in [-0.2, -0.15) is 5.10 Å². The zero-order valence-electron chi connectivity index (χ0n) is 11.4. The predicted octanol–water partition coefficient (Wildman–Crippen LogP) is 1.46. The summed E-state index contributed by atoms with van der Waals surface area (Å²) in [7, 11) is -3.61. The average molecular weight is 311 g/mol. The monoisotopic (exact) mass is 311 g/mol. The van der Waals surface area contributed by atoms with E-state index in [0.29, 0.717) is 0 Å². The topological polar surface area (TPSA) is 118 Å². The van der Waals surface area contributed by atoms with E-state index < -0.39 is 19.1 Å². The number of hydrogen-bond acceptors (Lipinski definition) is 4. The van der Waals surface area contributed by atoms with E-state index in [0.717, 1.165) is 10.9 Å². The van der Waals surface area contributed by atoms with E-state index in [-0.39, 0.29) is 25.5 Å². The van der Waals surface area contributed by atoms with Gasteiger partial charge >= 0.3 is 5.97 Å². The molecular formula is C13H18N3O4P. The Bertz CT molecular complexity index is 685. The van der Waals surface area contributed by atoms with Crippen LogP contribution in [0.4, 0.5) is 0 Å². The van der Waals surface area contributed by atoms with Crippen LogP contribution in [0.15, 0.2) is 30.5 Å². The number of carbonyl (C=O) groups is 1. The van der Waals surface area contributed by atoms with Crippen LogP contribution in [-0.2, 0) is 15.9 Å². The molecule has 1 heterocycles. The zero-order chi connectivity index (χ0) is 15.5. The third-order valence-corrected chi connectivity index (χ3v) is 5.49. The highest BCUT2D eigenvalue weighted by Crippen LogP contribution is 2.45. The molecule has 4 N–H and O–H groups in total. The van der Waals surface area contributed by atoms with Crippen molar-refractivity contribution in [2.75, 3.05) is 6.16 Å². The Labute approximate surface area is 121 Å². The van der Waals surface area contributed by atoms with Crippen molar-refractivity contribution in [1.82, 2.24) is 9.78 Å². The first kappa shape index (κ1) is 15.7. The summed E-state index contributed by atoms with van der Waals surface area (Å²) in [5, 5.41) is 13.7. The van der Waals surface area contributed by atoms with Crippen molar-refractivity contribution in [2.45, 2.75) is 25.2 Å². The predicted molar refractivity (Wildman–Crippen MR) is 79.3 cm³/mol. The fraction of sp³-hybridized carbons (Fsp3) is 0.385. The van der Waals surface area contributed by atoms with Crippen LogP contribution in [0.25, 0.3) is 10.9 Å². The molecule has 2 atom stereocenters. The molecule has 0 aliphatic carbocycles. The van der Waals surface area contributed by atoms with E-state index in [9.17, 15) is 14.3 Å². The Morgan fingerprint density at radius 1 is 1.43 bits per heavy atom. The maximum atomic E-state index is 12.2. The van der Waals surface area contributed by atoms with Crippen LogP contribution in [0.5, 0.6) is 0 Å². The van der Waals surface area contributed by atoms with Crippen molar-refractivity contribution < 1.29 is 19.4 Å². The van der Waals surface area contributed by atoms with Crippen LogP contribution in [0.3, 0.4) is 0 Å². The number of fused-ring (bicyclic) bond motifs is 1. The molecule has 0 saturated heterocycles. The van der Waals surface area contributed by atoms with Crippen LogP contribution in [0.2, 0.25) is 0 Å². The van der Waals surface area contributed by atoms with Crippen molar-refractivity contribution in [1.29, 1.82) is 0 Å². The van der Waals surface area contributed by atoms with E-state index in [2.05, 4.69) is 5.10 Å². The maximum absolute atomic E-state index is 12.2. The smallest absolute Gasteiger partial charge is 0.303 e. The van der Waals surface area contributed by atoms with Gasteiger partial charge in [0.2, 0.25) is 7.37 Å². The van der Waals surface area contributed by atoms with Crippen LogP contribution >= 0.6 is 7.37 Å². The van der Waals surface area contributed by atoms with Gasteiger partial charge in [0, 0.05) is 18.0 Å². The standard InChI is InChI=1S/C13H18N3O4P/c14-12(5-6-13(17)18)21(19,20)8-7-16-11-4-2-1-3-10(11)9-15-16/h1-4,9,12H,5-8,14H2,(H,17,18)(H,19,20). The Morgan fingerprint density at radius 2 is 2.14 bits per heavy atom. The van der Waals surface area contributed by atoms with Crippen LogP contribution in [-0.4, -0.2) is 37.7 Å². The summed E-state index contributed by atoms with van der Waals surface area (Å²) >= 11 is 0. The van der Waals surface area contributed by atoms with Gasteiger partial charge in [-0.1, -0.05) is 18.2 Å². The first-order valence-electron chi connectivity index (χ1n) is 6.59. The molecule has 0 aliphatic heterocycles. The molecule has 0 bridgehead atoms. The Morgan fingerprint density at radius 3 is 2.86 bits per heavy atom. The van der Waals surface area contributed by atoms with Gasteiger partial charge in [0.25, 0.3) is 0 Å². The van der Waals surface area contributed by atoms with Gasteiger partial charge in [0.05, 0.1) is 24.0 Å². The second-order valence-electron chi connectivity index (χ2n) is 4.91. The molecule has 0 saturated carbocycles. The van der Waals surface area contributed by atoms with Crippen molar-refractivity contribution in [3.8, 4) is 0 Å². The SMILES string of the molecule is NC(CCC(=O)O)P(=O)(O)CCn1ncc2ccccc21. The highest BCUT2D eigenvalue weighted by Gasteiger charge is 2.28. The Hall–Kier alpha value is -1.69. The molecule has 8 heteroatoms. The first-order chi connectivity index (χ1) is 9.90.